The van der Waals surface area contributed by atoms with Crippen molar-refractivity contribution in [3.63, 3.8) is 0 Å². The van der Waals surface area contributed by atoms with Crippen LogP contribution in [0.15, 0.2) is 42.5 Å². The van der Waals surface area contributed by atoms with Gasteiger partial charge in [0, 0.05) is 21.8 Å². The predicted molar refractivity (Wildman–Crippen MR) is 85.6 cm³/mol. The minimum atomic E-state index is -0.110. The maximum atomic E-state index is 12.1. The van der Waals surface area contributed by atoms with Gasteiger partial charge in [0.15, 0.2) is 0 Å². The van der Waals surface area contributed by atoms with Crippen molar-refractivity contribution in [3.05, 3.63) is 58.6 Å². The molecule has 0 spiro atoms. The molecule has 0 atom stereocenters. The zero-order valence-electron chi connectivity index (χ0n) is 11.5. The van der Waals surface area contributed by atoms with Gasteiger partial charge in [0.05, 0.1) is 6.61 Å². The normalized spacial score (nSPS) is 15.0. The third-order valence-corrected chi connectivity index (χ3v) is 3.50. The maximum absolute atomic E-state index is 12.1. The number of fused-ring (bicyclic) bond motifs is 1. The Morgan fingerprint density at radius 1 is 1.19 bits per heavy atom. The molecule has 3 rings (SSSR count). The van der Waals surface area contributed by atoms with E-state index in [1.807, 2.05) is 43.3 Å². The summed E-state index contributed by atoms with van der Waals surface area (Å²) in [4.78, 5) is 12.1. The Morgan fingerprint density at radius 2 is 1.95 bits per heavy atom. The van der Waals surface area contributed by atoms with Crippen LogP contribution in [0.25, 0.3) is 11.6 Å². The van der Waals surface area contributed by atoms with E-state index >= 15 is 0 Å². The zero-order valence-corrected chi connectivity index (χ0v) is 12.3. The van der Waals surface area contributed by atoms with Crippen LogP contribution < -0.4 is 10.1 Å². The molecule has 0 saturated carbocycles. The standard InChI is InChI=1S/C17H14ClNO2/c1-2-21-13-6-3-11(4-7-13)9-15-14-10-12(18)5-8-16(14)19-17(15)20/h3-10H,2H2,1H3,(H,19,20). The number of anilines is 1. The molecule has 2 aromatic carbocycles. The fraction of sp³-hybridized carbons (Fsp3) is 0.118. The maximum Gasteiger partial charge on any atom is 0.256 e. The second-order valence-electron chi connectivity index (χ2n) is 4.70. The van der Waals surface area contributed by atoms with Crippen LogP contribution in [0, 0.1) is 0 Å². The first kappa shape index (κ1) is 13.7. The summed E-state index contributed by atoms with van der Waals surface area (Å²) in [6, 6.07) is 13.0. The molecule has 0 radical (unpaired) electrons. The Balaban J connectivity index is 1.96. The second-order valence-corrected chi connectivity index (χ2v) is 5.14. The molecule has 0 unspecified atom stereocenters. The van der Waals surface area contributed by atoms with Gasteiger partial charge in [0.25, 0.3) is 5.91 Å². The van der Waals surface area contributed by atoms with Gasteiger partial charge in [-0.15, -0.1) is 0 Å². The molecule has 0 aromatic heterocycles. The van der Waals surface area contributed by atoms with Gasteiger partial charge >= 0.3 is 0 Å². The first-order chi connectivity index (χ1) is 10.2. The molecule has 1 aliphatic heterocycles. The van der Waals surface area contributed by atoms with Crippen molar-refractivity contribution in [2.75, 3.05) is 11.9 Å². The summed E-state index contributed by atoms with van der Waals surface area (Å²) in [7, 11) is 0. The number of benzene rings is 2. The number of carbonyl (C=O) groups excluding carboxylic acids is 1. The summed E-state index contributed by atoms with van der Waals surface area (Å²) in [5, 5.41) is 3.45. The SMILES string of the molecule is CCOc1ccc(C=C2C(=O)Nc3ccc(Cl)cc32)cc1. The lowest BCUT2D eigenvalue weighted by atomic mass is 10.0. The Morgan fingerprint density at radius 3 is 2.67 bits per heavy atom. The highest BCUT2D eigenvalue weighted by Crippen LogP contribution is 2.35. The number of hydrogen-bond donors (Lipinski definition) is 1. The van der Waals surface area contributed by atoms with Crippen molar-refractivity contribution in [1.29, 1.82) is 0 Å². The summed E-state index contributed by atoms with van der Waals surface area (Å²) < 4.78 is 5.41. The number of ether oxygens (including phenoxy) is 1. The van der Waals surface area contributed by atoms with Gasteiger partial charge in [0.2, 0.25) is 0 Å². The molecule has 21 heavy (non-hydrogen) atoms. The molecule has 0 fully saturated rings. The molecule has 1 heterocycles. The molecule has 1 amide bonds. The van der Waals surface area contributed by atoms with Crippen molar-refractivity contribution in [3.8, 4) is 5.75 Å². The zero-order chi connectivity index (χ0) is 14.8. The molecule has 1 N–H and O–H groups in total. The molecule has 4 heteroatoms. The van der Waals surface area contributed by atoms with Crippen LogP contribution in [-0.4, -0.2) is 12.5 Å². The lowest BCUT2D eigenvalue weighted by molar-refractivity contribution is -0.110. The number of hydrogen-bond acceptors (Lipinski definition) is 2. The van der Waals surface area contributed by atoms with Crippen LogP contribution >= 0.6 is 11.6 Å². The van der Waals surface area contributed by atoms with E-state index in [9.17, 15) is 4.79 Å². The number of carbonyl (C=O) groups is 1. The molecule has 1 aliphatic rings. The van der Waals surface area contributed by atoms with E-state index in [4.69, 9.17) is 16.3 Å². The highest BCUT2D eigenvalue weighted by Gasteiger charge is 2.24. The summed E-state index contributed by atoms with van der Waals surface area (Å²) in [5.74, 6) is 0.708. The summed E-state index contributed by atoms with van der Waals surface area (Å²) >= 11 is 6.01. The molecule has 3 nitrogen and oxygen atoms in total. The summed E-state index contributed by atoms with van der Waals surface area (Å²) in [6.07, 6.45) is 1.85. The van der Waals surface area contributed by atoms with Gasteiger partial charge in [-0.1, -0.05) is 23.7 Å². The van der Waals surface area contributed by atoms with Gasteiger partial charge < -0.3 is 10.1 Å². The number of rotatable bonds is 3. The smallest absolute Gasteiger partial charge is 0.256 e. The van der Waals surface area contributed by atoms with E-state index in [0.29, 0.717) is 17.2 Å². The van der Waals surface area contributed by atoms with Gasteiger partial charge in [-0.05, 0) is 48.9 Å². The first-order valence-electron chi connectivity index (χ1n) is 6.73. The van der Waals surface area contributed by atoms with Gasteiger partial charge in [-0.3, -0.25) is 4.79 Å². The fourth-order valence-electron chi connectivity index (χ4n) is 2.30. The Hall–Kier alpha value is -2.26. The third kappa shape index (κ3) is 2.78. The highest BCUT2D eigenvalue weighted by molar-refractivity contribution is 6.36. The van der Waals surface area contributed by atoms with Gasteiger partial charge in [0.1, 0.15) is 5.75 Å². The lowest BCUT2D eigenvalue weighted by Gasteiger charge is -2.03. The summed E-state index contributed by atoms with van der Waals surface area (Å²) in [5.41, 5.74) is 3.19. The minimum Gasteiger partial charge on any atom is -0.494 e. The topological polar surface area (TPSA) is 38.3 Å². The Labute approximate surface area is 128 Å². The number of nitrogens with one attached hydrogen (secondary N) is 1. The molecular weight excluding hydrogens is 286 g/mol. The molecule has 0 saturated heterocycles. The molecule has 0 aliphatic carbocycles. The van der Waals surface area contributed by atoms with Crippen LogP contribution in [0.5, 0.6) is 5.75 Å². The Kier molecular flexibility index (Phi) is 3.67. The van der Waals surface area contributed by atoms with Crippen molar-refractivity contribution >= 4 is 34.8 Å². The highest BCUT2D eigenvalue weighted by atomic mass is 35.5. The van der Waals surface area contributed by atoms with Gasteiger partial charge in [-0.2, -0.15) is 0 Å². The largest absolute Gasteiger partial charge is 0.494 e. The fourth-order valence-corrected chi connectivity index (χ4v) is 2.47. The van der Waals surface area contributed by atoms with Crippen LogP contribution in [-0.2, 0) is 4.79 Å². The van der Waals surface area contributed by atoms with E-state index < -0.39 is 0 Å². The average Bonchev–Trinajstić information content (AvgIpc) is 2.77. The van der Waals surface area contributed by atoms with E-state index in [1.54, 1.807) is 12.1 Å². The van der Waals surface area contributed by atoms with E-state index in [0.717, 1.165) is 22.6 Å². The Bertz CT molecular complexity index is 720. The van der Waals surface area contributed by atoms with Crippen LogP contribution in [0.4, 0.5) is 5.69 Å². The summed E-state index contributed by atoms with van der Waals surface area (Å²) in [6.45, 7) is 2.58. The quantitative estimate of drug-likeness (QED) is 0.861. The minimum absolute atomic E-state index is 0.110. The van der Waals surface area contributed by atoms with Crippen molar-refractivity contribution in [1.82, 2.24) is 0 Å². The monoisotopic (exact) mass is 299 g/mol. The second kappa shape index (κ2) is 5.62. The van der Waals surface area contributed by atoms with Crippen molar-refractivity contribution < 1.29 is 9.53 Å². The van der Waals surface area contributed by atoms with Crippen LogP contribution in [0.3, 0.4) is 0 Å². The van der Waals surface area contributed by atoms with E-state index in [2.05, 4.69) is 5.32 Å². The molecular formula is C17H14ClNO2. The van der Waals surface area contributed by atoms with E-state index in [1.165, 1.54) is 0 Å². The number of halogens is 1. The third-order valence-electron chi connectivity index (χ3n) is 3.27. The molecule has 106 valence electrons. The van der Waals surface area contributed by atoms with Crippen LogP contribution in [0.1, 0.15) is 18.1 Å². The van der Waals surface area contributed by atoms with Crippen LogP contribution in [0.2, 0.25) is 5.02 Å². The first-order valence-corrected chi connectivity index (χ1v) is 7.11. The van der Waals surface area contributed by atoms with Crippen molar-refractivity contribution in [2.24, 2.45) is 0 Å². The van der Waals surface area contributed by atoms with E-state index in [-0.39, 0.29) is 5.91 Å². The lowest BCUT2D eigenvalue weighted by Crippen LogP contribution is -2.03. The molecule has 2 aromatic rings. The molecule has 0 bridgehead atoms. The van der Waals surface area contributed by atoms with Crippen molar-refractivity contribution in [2.45, 2.75) is 6.92 Å². The number of amides is 1. The average molecular weight is 300 g/mol. The predicted octanol–water partition coefficient (Wildman–Crippen LogP) is 4.23. The van der Waals surface area contributed by atoms with Gasteiger partial charge in [-0.25, -0.2) is 0 Å².